The summed E-state index contributed by atoms with van der Waals surface area (Å²) in [5.41, 5.74) is 1.50. The topological polar surface area (TPSA) is 94.5 Å². The van der Waals surface area contributed by atoms with Gasteiger partial charge < -0.3 is 29.0 Å². The molecule has 1 atom stereocenters. The monoisotopic (exact) mass is 441 g/mol. The lowest BCUT2D eigenvalue weighted by molar-refractivity contribution is -0.129. The third-order valence-electron chi connectivity index (χ3n) is 5.50. The number of aliphatic hydroxyl groups excluding tert-OH is 1. The molecule has 0 aliphatic carbocycles. The quantitative estimate of drug-likeness (QED) is 0.638. The van der Waals surface area contributed by atoms with Crippen LogP contribution in [0.3, 0.4) is 0 Å². The summed E-state index contributed by atoms with van der Waals surface area (Å²) in [6.45, 7) is 1.58. The average Bonchev–Trinajstić information content (AvgIpc) is 3.06. The number of hydrogen-bond donors (Lipinski definition) is 1. The van der Waals surface area contributed by atoms with Gasteiger partial charge in [0.15, 0.2) is 23.0 Å². The van der Waals surface area contributed by atoms with Gasteiger partial charge in [-0.3, -0.25) is 9.59 Å². The van der Waals surface area contributed by atoms with Crippen molar-refractivity contribution in [2.45, 2.75) is 19.4 Å². The Bertz CT molecular complexity index is 1060. The van der Waals surface area contributed by atoms with Crippen LogP contribution in [-0.2, 0) is 16.0 Å². The van der Waals surface area contributed by atoms with Gasteiger partial charge in [-0.2, -0.15) is 0 Å². The number of methoxy groups -OCH3 is 4. The van der Waals surface area contributed by atoms with Crippen LogP contribution in [-0.4, -0.2) is 56.7 Å². The van der Waals surface area contributed by atoms with Crippen LogP contribution < -0.4 is 18.9 Å². The Morgan fingerprint density at radius 1 is 0.938 bits per heavy atom. The summed E-state index contributed by atoms with van der Waals surface area (Å²) in [5, 5.41) is 10.5. The van der Waals surface area contributed by atoms with E-state index in [4.69, 9.17) is 18.9 Å². The van der Waals surface area contributed by atoms with Crippen molar-refractivity contribution in [3.8, 4) is 23.0 Å². The second kappa shape index (κ2) is 9.64. The number of carbonyl (C=O) groups excluding carboxylic acids is 2. The van der Waals surface area contributed by atoms with Gasteiger partial charge in [-0.05, 0) is 49.2 Å². The minimum absolute atomic E-state index is 0.0360. The number of ketones is 1. The maximum absolute atomic E-state index is 13.0. The zero-order chi connectivity index (χ0) is 23.4. The van der Waals surface area contributed by atoms with E-state index in [1.807, 2.05) is 12.1 Å². The summed E-state index contributed by atoms with van der Waals surface area (Å²) in [4.78, 5) is 26.8. The molecule has 1 heterocycles. The lowest BCUT2D eigenvalue weighted by atomic mass is 9.95. The van der Waals surface area contributed by atoms with E-state index in [0.29, 0.717) is 35.0 Å². The van der Waals surface area contributed by atoms with Crippen LogP contribution >= 0.6 is 0 Å². The molecule has 0 saturated heterocycles. The molecule has 0 aromatic heterocycles. The van der Waals surface area contributed by atoms with Crippen molar-refractivity contribution in [1.29, 1.82) is 0 Å². The Balaban J connectivity index is 1.99. The first kappa shape index (κ1) is 23.0. The Labute approximate surface area is 187 Å². The molecule has 0 fully saturated rings. The molecule has 1 aliphatic rings. The number of rotatable bonds is 9. The second-order valence-electron chi connectivity index (χ2n) is 7.27. The molecule has 170 valence electrons. The van der Waals surface area contributed by atoms with Gasteiger partial charge in [-0.25, -0.2) is 0 Å². The molecule has 8 heteroatoms. The van der Waals surface area contributed by atoms with Gasteiger partial charge in [0.05, 0.1) is 40.1 Å². The molecule has 0 unspecified atom stereocenters. The van der Waals surface area contributed by atoms with E-state index >= 15 is 0 Å². The fourth-order valence-electron chi connectivity index (χ4n) is 3.91. The summed E-state index contributed by atoms with van der Waals surface area (Å²) in [6, 6.07) is 9.84. The molecule has 32 heavy (non-hydrogen) atoms. The number of hydrogen-bond acceptors (Lipinski definition) is 7. The van der Waals surface area contributed by atoms with Crippen molar-refractivity contribution in [1.82, 2.24) is 4.90 Å². The maximum Gasteiger partial charge on any atom is 0.290 e. The van der Waals surface area contributed by atoms with E-state index in [1.165, 1.54) is 26.0 Å². The number of ether oxygens (including phenoxy) is 4. The van der Waals surface area contributed by atoms with Crippen LogP contribution in [0.1, 0.15) is 24.1 Å². The zero-order valence-corrected chi connectivity index (χ0v) is 18.8. The normalized spacial score (nSPS) is 15.7. The highest BCUT2D eigenvalue weighted by atomic mass is 16.5. The van der Waals surface area contributed by atoms with Crippen LogP contribution in [0.25, 0.3) is 0 Å². The summed E-state index contributed by atoms with van der Waals surface area (Å²) in [7, 11) is 6.15. The van der Waals surface area contributed by atoms with Gasteiger partial charge in [0, 0.05) is 12.1 Å². The molecular weight excluding hydrogens is 414 g/mol. The number of aliphatic hydroxyl groups is 1. The molecule has 2 aromatic carbocycles. The molecule has 3 rings (SSSR count). The fourth-order valence-corrected chi connectivity index (χ4v) is 3.91. The molecule has 0 spiro atoms. The molecule has 0 bridgehead atoms. The first-order chi connectivity index (χ1) is 15.4. The van der Waals surface area contributed by atoms with Gasteiger partial charge >= 0.3 is 0 Å². The predicted molar refractivity (Wildman–Crippen MR) is 118 cm³/mol. The largest absolute Gasteiger partial charge is 0.503 e. The van der Waals surface area contributed by atoms with Crippen molar-refractivity contribution >= 4 is 11.7 Å². The smallest absolute Gasteiger partial charge is 0.290 e. The third-order valence-corrected chi connectivity index (χ3v) is 5.50. The standard InChI is InChI=1S/C24H27NO7/c1-14(26)21-22(17-13-16(29-2)7-9-18(17)30-3)25(24(28)23(21)27)11-10-15-6-8-19(31-4)20(12-15)32-5/h6-9,12-13,22,27H,10-11H2,1-5H3/t22-/m1/s1. The molecule has 1 N–H and O–H groups in total. The molecule has 1 amide bonds. The van der Waals surface area contributed by atoms with Crippen LogP contribution in [0.4, 0.5) is 0 Å². The molecule has 8 nitrogen and oxygen atoms in total. The number of amides is 1. The van der Waals surface area contributed by atoms with Crippen molar-refractivity contribution in [2.75, 3.05) is 35.0 Å². The first-order valence-electron chi connectivity index (χ1n) is 10.0. The van der Waals surface area contributed by atoms with E-state index in [0.717, 1.165) is 5.56 Å². The molecule has 1 aliphatic heterocycles. The number of nitrogens with zero attached hydrogens (tertiary/aromatic N) is 1. The molecular formula is C24H27NO7. The van der Waals surface area contributed by atoms with E-state index in [9.17, 15) is 14.7 Å². The van der Waals surface area contributed by atoms with E-state index in [1.54, 1.807) is 38.5 Å². The minimum atomic E-state index is -0.801. The third kappa shape index (κ3) is 4.21. The van der Waals surface area contributed by atoms with Crippen molar-refractivity contribution in [3.05, 3.63) is 58.9 Å². The second-order valence-corrected chi connectivity index (χ2v) is 7.27. The highest BCUT2D eigenvalue weighted by Crippen LogP contribution is 2.42. The summed E-state index contributed by atoms with van der Waals surface area (Å²) < 4.78 is 21.4. The lowest BCUT2D eigenvalue weighted by Crippen LogP contribution is -2.33. The number of carbonyl (C=O) groups is 2. The van der Waals surface area contributed by atoms with Crippen LogP contribution in [0, 0.1) is 0 Å². The summed E-state index contributed by atoms with van der Waals surface area (Å²) in [5.74, 6) is 0.667. The SMILES string of the molecule is COc1ccc(OC)c([C@@H]2C(C(C)=O)=C(O)C(=O)N2CCc2ccc(OC)c(OC)c2)c1. The molecule has 2 aromatic rings. The Kier molecular flexibility index (Phi) is 6.92. The highest BCUT2D eigenvalue weighted by Gasteiger charge is 2.43. The molecule has 0 saturated carbocycles. The lowest BCUT2D eigenvalue weighted by Gasteiger charge is -2.28. The summed E-state index contributed by atoms with van der Waals surface area (Å²) in [6.07, 6.45) is 0.466. The zero-order valence-electron chi connectivity index (χ0n) is 18.8. The number of benzene rings is 2. The van der Waals surface area contributed by atoms with Gasteiger partial charge in [-0.1, -0.05) is 6.07 Å². The maximum atomic E-state index is 13.0. The predicted octanol–water partition coefficient (Wildman–Crippen LogP) is 3.25. The van der Waals surface area contributed by atoms with Crippen LogP contribution in [0.2, 0.25) is 0 Å². The van der Waals surface area contributed by atoms with Gasteiger partial charge in [-0.15, -0.1) is 0 Å². The Hall–Kier alpha value is -3.68. The van der Waals surface area contributed by atoms with Crippen LogP contribution in [0.5, 0.6) is 23.0 Å². The van der Waals surface area contributed by atoms with E-state index in [2.05, 4.69) is 0 Å². The minimum Gasteiger partial charge on any atom is -0.503 e. The average molecular weight is 441 g/mol. The van der Waals surface area contributed by atoms with Gasteiger partial charge in [0.2, 0.25) is 0 Å². The van der Waals surface area contributed by atoms with Gasteiger partial charge in [0.1, 0.15) is 11.5 Å². The van der Waals surface area contributed by atoms with Gasteiger partial charge in [0.25, 0.3) is 5.91 Å². The van der Waals surface area contributed by atoms with E-state index in [-0.39, 0.29) is 17.9 Å². The Morgan fingerprint density at radius 3 is 2.19 bits per heavy atom. The van der Waals surface area contributed by atoms with Crippen LogP contribution in [0.15, 0.2) is 47.7 Å². The highest BCUT2D eigenvalue weighted by molar-refractivity contribution is 6.08. The fraction of sp³-hybridized carbons (Fsp3) is 0.333. The molecule has 0 radical (unpaired) electrons. The first-order valence-corrected chi connectivity index (χ1v) is 10.0. The number of Topliss-reactive ketones (excluding diaryl/α,β-unsaturated/α-hetero) is 1. The Morgan fingerprint density at radius 2 is 1.59 bits per heavy atom. The van der Waals surface area contributed by atoms with Crippen molar-refractivity contribution in [3.63, 3.8) is 0 Å². The van der Waals surface area contributed by atoms with Crippen molar-refractivity contribution < 1.29 is 33.6 Å². The van der Waals surface area contributed by atoms with E-state index < -0.39 is 17.7 Å². The summed E-state index contributed by atoms with van der Waals surface area (Å²) >= 11 is 0. The van der Waals surface area contributed by atoms with Crippen molar-refractivity contribution in [2.24, 2.45) is 0 Å².